The van der Waals surface area contributed by atoms with Crippen molar-refractivity contribution < 1.29 is 14.0 Å². The van der Waals surface area contributed by atoms with E-state index in [0.717, 1.165) is 5.57 Å². The molecule has 0 amide bonds. The first-order chi connectivity index (χ1) is 15.2. The van der Waals surface area contributed by atoms with E-state index in [4.69, 9.17) is 9.16 Å². The predicted molar refractivity (Wildman–Crippen MR) is 143 cm³/mol. The zero-order valence-electron chi connectivity index (χ0n) is 19.8. The number of ether oxygens (including phenoxy) is 1. The first-order valence-electron chi connectivity index (χ1n) is 11.4. The highest BCUT2D eigenvalue weighted by Gasteiger charge is 2.50. The van der Waals surface area contributed by atoms with Gasteiger partial charge in [-0.15, -0.1) is 0 Å². The lowest BCUT2D eigenvalue weighted by Gasteiger charge is -2.43. The third kappa shape index (κ3) is 5.27. The number of rotatable bonds is 7. The van der Waals surface area contributed by atoms with Crippen LogP contribution in [0.25, 0.3) is 0 Å². The van der Waals surface area contributed by atoms with E-state index >= 15 is 0 Å². The van der Waals surface area contributed by atoms with Gasteiger partial charge in [-0.3, -0.25) is 4.79 Å². The lowest BCUT2D eigenvalue weighted by Crippen LogP contribution is -2.66. The van der Waals surface area contributed by atoms with Crippen molar-refractivity contribution in [2.45, 2.75) is 64.7 Å². The molecule has 1 saturated heterocycles. The van der Waals surface area contributed by atoms with Crippen molar-refractivity contribution in [1.29, 1.82) is 0 Å². The van der Waals surface area contributed by atoms with Gasteiger partial charge in [-0.1, -0.05) is 111 Å². The van der Waals surface area contributed by atoms with Crippen LogP contribution >= 0.6 is 22.6 Å². The fraction of sp³-hybridized carbons (Fsp3) is 0.444. The number of carbonyl (C=O) groups excluding carboxylic acids is 1. The Morgan fingerprint density at radius 1 is 1.09 bits per heavy atom. The van der Waals surface area contributed by atoms with Gasteiger partial charge < -0.3 is 9.16 Å². The van der Waals surface area contributed by atoms with Gasteiger partial charge in [0.2, 0.25) is 0 Å². The van der Waals surface area contributed by atoms with Gasteiger partial charge in [0, 0.05) is 18.9 Å². The van der Waals surface area contributed by atoms with Crippen LogP contribution in [0, 0.1) is 5.92 Å². The topological polar surface area (TPSA) is 35.5 Å². The predicted octanol–water partition coefficient (Wildman–Crippen LogP) is 5.65. The third-order valence-corrected chi connectivity index (χ3v) is 12.6. The zero-order valence-corrected chi connectivity index (χ0v) is 23.0. The van der Waals surface area contributed by atoms with E-state index in [-0.39, 0.29) is 28.9 Å². The summed E-state index contributed by atoms with van der Waals surface area (Å²) in [4.78, 5) is 12.7. The van der Waals surface area contributed by atoms with Gasteiger partial charge in [0.15, 0.2) is 0 Å². The summed E-state index contributed by atoms with van der Waals surface area (Å²) in [5, 5.41) is 2.48. The van der Waals surface area contributed by atoms with Crippen LogP contribution in [0.4, 0.5) is 0 Å². The highest BCUT2D eigenvalue weighted by molar-refractivity contribution is 14.1. The molecule has 0 spiro atoms. The van der Waals surface area contributed by atoms with Crippen molar-refractivity contribution in [1.82, 2.24) is 0 Å². The fourth-order valence-corrected chi connectivity index (χ4v) is 9.68. The molecular formula is C27H35IO3Si. The lowest BCUT2D eigenvalue weighted by atomic mass is 9.88. The molecule has 3 rings (SSSR count). The normalized spacial score (nSPS) is 22.8. The zero-order chi connectivity index (χ0) is 23.4. The van der Waals surface area contributed by atoms with Crippen LogP contribution in [-0.4, -0.2) is 32.9 Å². The van der Waals surface area contributed by atoms with Crippen molar-refractivity contribution >= 4 is 47.1 Å². The Morgan fingerprint density at radius 2 is 1.62 bits per heavy atom. The maximum absolute atomic E-state index is 12.7. The second kappa shape index (κ2) is 10.8. The number of ketones is 1. The maximum atomic E-state index is 12.7. The summed E-state index contributed by atoms with van der Waals surface area (Å²) in [7, 11) is -2.57. The number of carbonyl (C=O) groups is 1. The molecule has 3 nitrogen and oxygen atoms in total. The highest BCUT2D eigenvalue weighted by Crippen LogP contribution is 2.37. The molecule has 0 saturated carbocycles. The maximum Gasteiger partial charge on any atom is 0.261 e. The van der Waals surface area contributed by atoms with Gasteiger partial charge in [0.1, 0.15) is 5.78 Å². The number of hydrogen-bond donors (Lipinski definition) is 0. The van der Waals surface area contributed by atoms with E-state index in [1.165, 1.54) is 10.4 Å². The highest BCUT2D eigenvalue weighted by atomic mass is 127. The summed E-state index contributed by atoms with van der Waals surface area (Å²) >= 11 is 2.22. The van der Waals surface area contributed by atoms with Gasteiger partial charge in [0.25, 0.3) is 8.32 Å². The smallest absolute Gasteiger partial charge is 0.261 e. The summed E-state index contributed by atoms with van der Waals surface area (Å²) in [5.74, 6) is 0.185. The van der Waals surface area contributed by atoms with Crippen LogP contribution < -0.4 is 10.4 Å². The summed E-state index contributed by atoms with van der Waals surface area (Å²) in [6.45, 7) is 11.5. The van der Waals surface area contributed by atoms with Crippen LogP contribution in [-0.2, 0) is 14.0 Å². The molecule has 1 heterocycles. The van der Waals surface area contributed by atoms with E-state index in [2.05, 4.69) is 104 Å². The molecular weight excluding hydrogens is 527 g/mol. The third-order valence-electron chi connectivity index (χ3n) is 6.61. The molecule has 1 aliphatic rings. The van der Waals surface area contributed by atoms with Crippen molar-refractivity contribution in [2.75, 3.05) is 6.61 Å². The van der Waals surface area contributed by atoms with Crippen molar-refractivity contribution in [3.05, 3.63) is 70.3 Å². The SMILES string of the molecule is C/C(=C\I)[C@H]1CC(=O)[C@@H](C)[C@@H](CCO[Si](c2ccccc2)(c2ccccc2)C(C)(C)C)O1. The Hall–Kier alpha value is -1.28. The first kappa shape index (κ1) is 25.3. The molecule has 2 aromatic rings. The summed E-state index contributed by atoms with van der Waals surface area (Å²) < 4.78 is 15.4. The number of halogens is 1. The number of benzene rings is 2. The Morgan fingerprint density at radius 3 is 2.09 bits per heavy atom. The summed E-state index contributed by atoms with van der Waals surface area (Å²) in [6, 6.07) is 21.3. The Kier molecular flexibility index (Phi) is 8.52. The van der Waals surface area contributed by atoms with Crippen LogP contribution in [0.15, 0.2) is 70.3 Å². The average Bonchev–Trinajstić information content (AvgIpc) is 2.79. The number of hydrogen-bond acceptors (Lipinski definition) is 3. The Bertz CT molecular complexity index is 881. The molecule has 172 valence electrons. The minimum absolute atomic E-state index is 0.0619. The van der Waals surface area contributed by atoms with Crippen molar-refractivity contribution in [3.8, 4) is 0 Å². The second-order valence-electron chi connectivity index (χ2n) is 9.78. The first-order valence-corrected chi connectivity index (χ1v) is 14.6. The van der Waals surface area contributed by atoms with Crippen LogP contribution in [0.2, 0.25) is 5.04 Å². The largest absolute Gasteiger partial charge is 0.407 e. The number of Topliss-reactive ketones (excluding diaryl/α,β-unsaturated/α-hetero) is 1. The van der Waals surface area contributed by atoms with Crippen LogP contribution in [0.1, 0.15) is 47.5 Å². The average molecular weight is 563 g/mol. The molecule has 0 aromatic heterocycles. The molecule has 0 N–H and O–H groups in total. The van der Waals surface area contributed by atoms with E-state index in [0.29, 0.717) is 19.4 Å². The molecule has 5 heteroatoms. The Labute approximate surface area is 207 Å². The molecule has 0 unspecified atom stereocenters. The van der Waals surface area contributed by atoms with Gasteiger partial charge >= 0.3 is 0 Å². The molecule has 3 atom stereocenters. The Balaban J connectivity index is 1.89. The summed E-state index contributed by atoms with van der Waals surface area (Å²) in [5.41, 5.74) is 1.11. The molecule has 1 fully saturated rings. The minimum atomic E-state index is -2.57. The molecule has 0 aliphatic carbocycles. The lowest BCUT2D eigenvalue weighted by molar-refractivity contribution is -0.142. The quantitative estimate of drug-likeness (QED) is 0.323. The van der Waals surface area contributed by atoms with Gasteiger partial charge in [-0.2, -0.15) is 0 Å². The monoisotopic (exact) mass is 562 g/mol. The van der Waals surface area contributed by atoms with E-state index in [1.807, 2.05) is 17.9 Å². The van der Waals surface area contributed by atoms with Crippen LogP contribution in [0.5, 0.6) is 0 Å². The van der Waals surface area contributed by atoms with E-state index < -0.39 is 8.32 Å². The standard InChI is InChI=1S/C27H35IO3Si/c1-20(19-28)26-18-24(29)21(2)25(31-26)16-17-30-32(27(3,4)5,22-12-8-6-9-13-22)23-14-10-7-11-15-23/h6-15,19,21,25-26H,16-18H2,1-5H3/b20-19+/t21-,25-,26-/m1/s1. The minimum Gasteiger partial charge on any atom is -0.407 e. The van der Waals surface area contributed by atoms with Gasteiger partial charge in [-0.05, 0) is 38.4 Å². The van der Waals surface area contributed by atoms with Gasteiger partial charge in [-0.25, -0.2) is 0 Å². The molecule has 0 radical (unpaired) electrons. The second-order valence-corrected chi connectivity index (χ2v) is 14.7. The molecule has 2 aromatic carbocycles. The van der Waals surface area contributed by atoms with Crippen molar-refractivity contribution in [3.63, 3.8) is 0 Å². The van der Waals surface area contributed by atoms with Crippen LogP contribution in [0.3, 0.4) is 0 Å². The van der Waals surface area contributed by atoms with Gasteiger partial charge in [0.05, 0.1) is 12.2 Å². The fourth-order valence-electron chi connectivity index (χ4n) is 4.70. The molecule has 0 bridgehead atoms. The molecule has 32 heavy (non-hydrogen) atoms. The van der Waals surface area contributed by atoms with E-state index in [9.17, 15) is 4.79 Å². The van der Waals surface area contributed by atoms with Crippen molar-refractivity contribution in [2.24, 2.45) is 5.92 Å². The molecule has 1 aliphatic heterocycles. The van der Waals surface area contributed by atoms with E-state index in [1.54, 1.807) is 0 Å². The summed E-state index contributed by atoms with van der Waals surface area (Å²) in [6.07, 6.45) is 0.945.